The summed E-state index contributed by atoms with van der Waals surface area (Å²) in [5.41, 5.74) is 6.32. The minimum Gasteiger partial charge on any atom is -0.495 e. The molecule has 0 radical (unpaired) electrons. The van der Waals surface area contributed by atoms with Gasteiger partial charge in [0, 0.05) is 13.1 Å². The van der Waals surface area contributed by atoms with Crippen LogP contribution in [0.3, 0.4) is 0 Å². The van der Waals surface area contributed by atoms with Gasteiger partial charge in [0.1, 0.15) is 16.4 Å². The van der Waals surface area contributed by atoms with Gasteiger partial charge in [-0.2, -0.15) is 0 Å². The summed E-state index contributed by atoms with van der Waals surface area (Å²) < 4.78 is 37.2. The van der Waals surface area contributed by atoms with E-state index in [4.69, 9.17) is 26.8 Å². The van der Waals surface area contributed by atoms with Crippen LogP contribution in [-0.4, -0.2) is 29.7 Å². The molecule has 6 nitrogen and oxygen atoms in total. The van der Waals surface area contributed by atoms with Crippen molar-refractivity contribution in [1.82, 2.24) is 0 Å². The molecule has 0 bridgehead atoms. The summed E-state index contributed by atoms with van der Waals surface area (Å²) in [5.74, 6) is 0.547. The van der Waals surface area contributed by atoms with Crippen molar-refractivity contribution in [2.24, 2.45) is 0 Å². The van der Waals surface area contributed by atoms with Crippen molar-refractivity contribution in [2.45, 2.75) is 4.90 Å². The first-order chi connectivity index (χ1) is 10.8. The molecule has 0 heterocycles. The molecular weight excluding hydrogens is 340 g/mol. The minimum absolute atomic E-state index is 0.0422. The predicted octanol–water partition coefficient (Wildman–Crippen LogP) is 2.76. The molecule has 8 heteroatoms. The summed E-state index contributed by atoms with van der Waals surface area (Å²) in [6.07, 6.45) is 0. The van der Waals surface area contributed by atoms with Crippen LogP contribution in [0.5, 0.6) is 11.5 Å². The molecule has 23 heavy (non-hydrogen) atoms. The third-order valence-corrected chi connectivity index (χ3v) is 5.48. The van der Waals surface area contributed by atoms with Crippen LogP contribution < -0.4 is 19.5 Å². The number of nitrogen functional groups attached to an aromatic ring is 1. The number of para-hydroxylation sites is 1. The Bertz CT molecular complexity index is 824. The van der Waals surface area contributed by atoms with E-state index in [1.54, 1.807) is 18.2 Å². The van der Waals surface area contributed by atoms with Crippen molar-refractivity contribution in [3.8, 4) is 11.5 Å². The van der Waals surface area contributed by atoms with E-state index in [1.807, 2.05) is 0 Å². The molecule has 0 saturated carbocycles. The average molecular weight is 357 g/mol. The number of ether oxygens (including phenoxy) is 2. The van der Waals surface area contributed by atoms with Gasteiger partial charge in [-0.15, -0.1) is 0 Å². The Morgan fingerprint density at radius 2 is 1.70 bits per heavy atom. The summed E-state index contributed by atoms with van der Waals surface area (Å²) in [6.45, 7) is 0. The lowest BCUT2D eigenvalue weighted by molar-refractivity contribution is 0.402. The number of methoxy groups -OCH3 is 2. The van der Waals surface area contributed by atoms with Crippen molar-refractivity contribution in [3.05, 3.63) is 41.4 Å². The molecule has 2 aromatic rings. The summed E-state index contributed by atoms with van der Waals surface area (Å²) in [4.78, 5) is 0.0422. The van der Waals surface area contributed by atoms with Gasteiger partial charge < -0.3 is 15.2 Å². The second-order valence-corrected chi connectivity index (χ2v) is 7.01. The van der Waals surface area contributed by atoms with Crippen LogP contribution in [0.15, 0.2) is 41.3 Å². The first-order valence-corrected chi connectivity index (χ1v) is 8.39. The fraction of sp³-hybridized carbons (Fsp3) is 0.200. The van der Waals surface area contributed by atoms with Gasteiger partial charge in [0.2, 0.25) is 0 Å². The molecule has 0 aromatic heterocycles. The van der Waals surface area contributed by atoms with Gasteiger partial charge >= 0.3 is 0 Å². The summed E-state index contributed by atoms with van der Waals surface area (Å²) in [7, 11) is 0.380. The van der Waals surface area contributed by atoms with E-state index in [0.717, 1.165) is 4.31 Å². The highest BCUT2D eigenvalue weighted by atomic mass is 35.5. The standard InChI is InChI=1S/C15H17ClN2O4S/c1-18(12-9-11(17)10(16)8-14(12)22-3)23(19,20)15-7-5-4-6-13(15)21-2/h4-9H,17H2,1-3H3. The number of sulfonamides is 1. The van der Waals surface area contributed by atoms with Crippen molar-refractivity contribution >= 4 is 33.0 Å². The van der Waals surface area contributed by atoms with E-state index in [-0.39, 0.29) is 27.0 Å². The molecule has 2 N–H and O–H groups in total. The highest BCUT2D eigenvalue weighted by molar-refractivity contribution is 7.93. The van der Waals surface area contributed by atoms with Crippen LogP contribution in [0.1, 0.15) is 0 Å². The van der Waals surface area contributed by atoms with Gasteiger partial charge in [0.05, 0.1) is 30.6 Å². The number of halogens is 1. The topological polar surface area (TPSA) is 81.9 Å². The smallest absolute Gasteiger partial charge is 0.267 e. The Hall–Kier alpha value is -2.12. The highest BCUT2D eigenvalue weighted by Crippen LogP contribution is 2.38. The van der Waals surface area contributed by atoms with E-state index >= 15 is 0 Å². The first kappa shape index (κ1) is 17.2. The maximum atomic E-state index is 12.9. The predicted molar refractivity (Wildman–Crippen MR) is 91.0 cm³/mol. The number of rotatable bonds is 5. The Labute approximate surface area is 140 Å². The number of nitrogens with two attached hydrogens (primary N) is 1. The third-order valence-electron chi connectivity index (χ3n) is 3.34. The Balaban J connectivity index is 2.59. The molecule has 2 rings (SSSR count). The van der Waals surface area contributed by atoms with Crippen LogP contribution in [0.4, 0.5) is 11.4 Å². The van der Waals surface area contributed by atoms with Crippen LogP contribution >= 0.6 is 11.6 Å². The quantitative estimate of drug-likeness (QED) is 0.833. The van der Waals surface area contributed by atoms with Crippen molar-refractivity contribution in [3.63, 3.8) is 0 Å². The number of anilines is 2. The molecule has 0 spiro atoms. The molecule has 0 aliphatic rings. The first-order valence-electron chi connectivity index (χ1n) is 6.58. The van der Waals surface area contributed by atoms with Gasteiger partial charge in [-0.3, -0.25) is 4.31 Å². The van der Waals surface area contributed by atoms with E-state index in [9.17, 15) is 8.42 Å². The highest BCUT2D eigenvalue weighted by Gasteiger charge is 2.27. The summed E-state index contributed by atoms with van der Waals surface area (Å²) in [6, 6.07) is 9.29. The molecule has 0 atom stereocenters. The van der Waals surface area contributed by atoms with Gasteiger partial charge in [-0.1, -0.05) is 23.7 Å². The molecule has 0 aliphatic carbocycles. The lowest BCUT2D eigenvalue weighted by atomic mass is 10.2. The maximum absolute atomic E-state index is 12.9. The summed E-state index contributed by atoms with van der Waals surface area (Å²) in [5, 5.41) is 0.286. The zero-order valence-electron chi connectivity index (χ0n) is 12.9. The van der Waals surface area contributed by atoms with Crippen LogP contribution in [0.25, 0.3) is 0 Å². The SMILES string of the molecule is COc1cc(Cl)c(N)cc1N(C)S(=O)(=O)c1ccccc1OC. The molecule has 0 saturated heterocycles. The second kappa shape index (κ2) is 6.55. The van der Waals surface area contributed by atoms with Crippen molar-refractivity contribution in [2.75, 3.05) is 31.3 Å². The fourth-order valence-corrected chi connectivity index (χ4v) is 3.58. The zero-order valence-corrected chi connectivity index (χ0v) is 14.5. The zero-order chi connectivity index (χ0) is 17.2. The molecule has 0 amide bonds. The average Bonchev–Trinajstić information content (AvgIpc) is 2.56. The molecule has 2 aromatic carbocycles. The van der Waals surface area contributed by atoms with E-state index in [0.29, 0.717) is 5.75 Å². The van der Waals surface area contributed by atoms with E-state index < -0.39 is 10.0 Å². The largest absolute Gasteiger partial charge is 0.495 e. The number of hydrogen-bond donors (Lipinski definition) is 1. The fourth-order valence-electron chi connectivity index (χ4n) is 2.08. The van der Waals surface area contributed by atoms with Crippen LogP contribution in [0, 0.1) is 0 Å². The summed E-state index contributed by atoms with van der Waals surface area (Å²) >= 11 is 5.96. The van der Waals surface area contributed by atoms with Gasteiger partial charge in [0.15, 0.2) is 0 Å². The Kier molecular flexibility index (Phi) is 4.91. The molecule has 124 valence electrons. The number of hydrogen-bond acceptors (Lipinski definition) is 5. The molecule has 0 aliphatic heterocycles. The third kappa shape index (κ3) is 3.16. The normalized spacial score (nSPS) is 11.1. The Morgan fingerprint density at radius 1 is 1.09 bits per heavy atom. The van der Waals surface area contributed by atoms with E-state index in [1.165, 1.54) is 39.5 Å². The molecular formula is C15H17ClN2O4S. The molecule has 0 fully saturated rings. The lowest BCUT2D eigenvalue weighted by Crippen LogP contribution is -2.27. The second-order valence-electron chi connectivity index (χ2n) is 4.67. The monoisotopic (exact) mass is 356 g/mol. The van der Waals surface area contributed by atoms with Crippen LogP contribution in [0.2, 0.25) is 5.02 Å². The van der Waals surface area contributed by atoms with Gasteiger partial charge in [0.25, 0.3) is 10.0 Å². The lowest BCUT2D eigenvalue weighted by Gasteiger charge is -2.23. The van der Waals surface area contributed by atoms with Crippen molar-refractivity contribution in [1.29, 1.82) is 0 Å². The van der Waals surface area contributed by atoms with Gasteiger partial charge in [-0.05, 0) is 18.2 Å². The van der Waals surface area contributed by atoms with Crippen molar-refractivity contribution < 1.29 is 17.9 Å². The number of nitrogens with zero attached hydrogens (tertiary/aromatic N) is 1. The van der Waals surface area contributed by atoms with E-state index in [2.05, 4.69) is 0 Å². The molecule has 0 unspecified atom stereocenters. The number of benzene rings is 2. The minimum atomic E-state index is -3.87. The maximum Gasteiger partial charge on any atom is 0.267 e. The Morgan fingerprint density at radius 3 is 2.30 bits per heavy atom. The van der Waals surface area contributed by atoms with Gasteiger partial charge in [-0.25, -0.2) is 8.42 Å². The van der Waals surface area contributed by atoms with Crippen LogP contribution in [-0.2, 0) is 10.0 Å².